The molecule has 3 nitrogen and oxygen atoms in total. The van der Waals surface area contributed by atoms with Crippen LogP contribution in [0.2, 0.25) is 0 Å². The Kier molecular flexibility index (Phi) is 2.45. The number of urea groups is 1. The topological polar surface area (TPSA) is 44.1 Å². The fourth-order valence-electron chi connectivity index (χ4n) is 1.27. The molecule has 4 heteroatoms. The van der Waals surface area contributed by atoms with Gasteiger partial charge in [0.05, 0.1) is 11.6 Å². The molecule has 70 valence electrons. The van der Waals surface area contributed by atoms with Gasteiger partial charge in [0.25, 0.3) is 0 Å². The van der Waals surface area contributed by atoms with E-state index in [1.807, 2.05) is 17.5 Å². The number of nitrogens with one attached hydrogen (secondary N) is 1. The fourth-order valence-corrected chi connectivity index (χ4v) is 2.17. The molecule has 2 radical (unpaired) electrons. The average Bonchev–Trinajstić information content (AvgIpc) is 2.67. The summed E-state index contributed by atoms with van der Waals surface area (Å²) in [6.07, 6.45) is 0. The number of rotatable bonds is 1. The zero-order valence-electron chi connectivity index (χ0n) is 7.36. The number of hydrogen-bond donors (Lipinski definition) is 0. The van der Waals surface area contributed by atoms with Crippen LogP contribution in [0.1, 0.15) is 5.56 Å². The van der Waals surface area contributed by atoms with Crippen LogP contribution < -0.4 is 5.73 Å². The zero-order chi connectivity index (χ0) is 9.97. The third-order valence-electron chi connectivity index (χ3n) is 1.95. The lowest BCUT2D eigenvalue weighted by molar-refractivity contribution is 0.231. The maximum atomic E-state index is 11.0. The van der Waals surface area contributed by atoms with Crippen LogP contribution in [0.3, 0.4) is 0 Å². The lowest BCUT2D eigenvalue weighted by Crippen LogP contribution is -2.25. The van der Waals surface area contributed by atoms with Crippen LogP contribution in [0.15, 0.2) is 29.7 Å². The molecular formula is C10H8N2OS. The van der Waals surface area contributed by atoms with Crippen molar-refractivity contribution in [3.05, 3.63) is 41.3 Å². The van der Waals surface area contributed by atoms with Crippen LogP contribution in [-0.2, 0) is 0 Å². The molecule has 0 saturated carbocycles. The average molecular weight is 204 g/mol. The maximum Gasteiger partial charge on any atom is 0.341 e. The number of carbonyl (C=O) groups is 1. The van der Waals surface area contributed by atoms with Crippen LogP contribution in [0, 0.1) is 6.07 Å². The van der Waals surface area contributed by atoms with Gasteiger partial charge in [0, 0.05) is 0 Å². The molecule has 14 heavy (non-hydrogen) atoms. The SMILES string of the molecule is [NH]C(=O)N1CSC=C1c1cc[c]cc1. The minimum atomic E-state index is -0.658. The second kappa shape index (κ2) is 3.75. The molecule has 0 bridgehead atoms. The standard InChI is InChI=1S/C10H8N2OS/c11-10(13)12-7-14-6-9(12)8-4-2-1-3-5-8/h2-6,11H,7H2. The van der Waals surface area contributed by atoms with Gasteiger partial charge >= 0.3 is 6.03 Å². The number of nitrogens with zero attached hydrogens (tertiary/aromatic N) is 1. The summed E-state index contributed by atoms with van der Waals surface area (Å²) in [7, 11) is 0. The largest absolute Gasteiger partial charge is 0.341 e. The summed E-state index contributed by atoms with van der Waals surface area (Å²) >= 11 is 1.53. The highest BCUT2D eigenvalue weighted by atomic mass is 32.2. The fraction of sp³-hybridized carbons (Fsp3) is 0.100. The van der Waals surface area contributed by atoms with E-state index >= 15 is 0 Å². The number of thioether (sulfide) groups is 1. The Morgan fingerprint density at radius 1 is 1.50 bits per heavy atom. The Labute approximate surface area is 86.6 Å². The first-order valence-corrected chi connectivity index (χ1v) is 5.15. The van der Waals surface area contributed by atoms with Crippen LogP contribution in [0.25, 0.3) is 5.70 Å². The minimum absolute atomic E-state index is 0.538. The van der Waals surface area contributed by atoms with E-state index in [9.17, 15) is 4.79 Å². The van der Waals surface area contributed by atoms with Crippen molar-refractivity contribution in [3.63, 3.8) is 0 Å². The van der Waals surface area contributed by atoms with Crippen molar-refractivity contribution in [2.75, 3.05) is 5.88 Å². The Morgan fingerprint density at radius 3 is 2.86 bits per heavy atom. The molecule has 0 atom stereocenters. The van der Waals surface area contributed by atoms with Gasteiger partial charge < -0.3 is 0 Å². The molecule has 0 aliphatic carbocycles. The predicted octanol–water partition coefficient (Wildman–Crippen LogP) is 2.19. The van der Waals surface area contributed by atoms with Crippen LogP contribution in [0.5, 0.6) is 0 Å². The van der Waals surface area contributed by atoms with E-state index in [2.05, 4.69) is 6.07 Å². The molecule has 1 aliphatic rings. The summed E-state index contributed by atoms with van der Waals surface area (Å²) in [6, 6.07) is 9.62. The van der Waals surface area contributed by atoms with Gasteiger partial charge in [0.2, 0.25) is 0 Å². The molecule has 1 aliphatic heterocycles. The first-order chi connectivity index (χ1) is 6.79. The van der Waals surface area contributed by atoms with Gasteiger partial charge in [-0.05, 0) is 17.0 Å². The highest BCUT2D eigenvalue weighted by Gasteiger charge is 2.21. The molecule has 1 aromatic rings. The van der Waals surface area contributed by atoms with Gasteiger partial charge in [-0.25, -0.2) is 10.5 Å². The van der Waals surface area contributed by atoms with E-state index in [1.165, 1.54) is 16.7 Å². The van der Waals surface area contributed by atoms with Crippen molar-refractivity contribution in [1.82, 2.24) is 10.6 Å². The summed E-state index contributed by atoms with van der Waals surface area (Å²) in [5, 5.41) is 1.90. The van der Waals surface area contributed by atoms with Crippen molar-refractivity contribution in [1.29, 1.82) is 0 Å². The molecule has 2 rings (SSSR count). The monoisotopic (exact) mass is 204 g/mol. The molecule has 0 unspecified atom stereocenters. The van der Waals surface area contributed by atoms with E-state index in [1.54, 1.807) is 12.1 Å². The van der Waals surface area contributed by atoms with Crippen molar-refractivity contribution < 1.29 is 4.79 Å². The Morgan fingerprint density at radius 2 is 2.21 bits per heavy atom. The van der Waals surface area contributed by atoms with Gasteiger partial charge in [-0.3, -0.25) is 4.90 Å². The molecule has 0 aromatic heterocycles. The van der Waals surface area contributed by atoms with E-state index in [4.69, 9.17) is 5.73 Å². The molecule has 2 amide bonds. The van der Waals surface area contributed by atoms with Crippen molar-refractivity contribution in [2.45, 2.75) is 0 Å². The van der Waals surface area contributed by atoms with E-state index < -0.39 is 6.03 Å². The van der Waals surface area contributed by atoms with Crippen LogP contribution in [-0.4, -0.2) is 16.8 Å². The first kappa shape index (κ1) is 9.15. The van der Waals surface area contributed by atoms with Gasteiger partial charge in [-0.15, -0.1) is 11.8 Å². The van der Waals surface area contributed by atoms with E-state index in [0.717, 1.165) is 11.3 Å². The summed E-state index contributed by atoms with van der Waals surface area (Å²) in [4.78, 5) is 12.4. The van der Waals surface area contributed by atoms with Crippen molar-refractivity contribution in [2.24, 2.45) is 0 Å². The predicted molar refractivity (Wildman–Crippen MR) is 56.0 cm³/mol. The van der Waals surface area contributed by atoms with Crippen LogP contribution in [0.4, 0.5) is 4.79 Å². The highest BCUT2D eigenvalue weighted by molar-refractivity contribution is 8.02. The summed E-state index contributed by atoms with van der Waals surface area (Å²) in [6.45, 7) is 0. The quantitative estimate of drug-likeness (QED) is 0.703. The molecular weight excluding hydrogens is 196 g/mol. The Bertz CT molecular complexity index is 375. The molecule has 1 heterocycles. The third kappa shape index (κ3) is 1.61. The summed E-state index contributed by atoms with van der Waals surface area (Å²) in [5.74, 6) is 0.538. The summed E-state index contributed by atoms with van der Waals surface area (Å²) in [5.41, 5.74) is 8.84. The van der Waals surface area contributed by atoms with Gasteiger partial charge in [-0.2, -0.15) is 0 Å². The number of benzene rings is 1. The molecule has 0 spiro atoms. The smallest absolute Gasteiger partial charge is 0.282 e. The molecule has 1 aromatic carbocycles. The molecule has 0 saturated heterocycles. The van der Waals surface area contributed by atoms with Crippen molar-refractivity contribution >= 4 is 23.5 Å². The normalized spacial score (nSPS) is 15.4. The van der Waals surface area contributed by atoms with E-state index in [-0.39, 0.29) is 0 Å². The zero-order valence-corrected chi connectivity index (χ0v) is 8.17. The lowest BCUT2D eigenvalue weighted by Gasteiger charge is -2.15. The Hall–Kier alpha value is -1.42. The third-order valence-corrected chi connectivity index (χ3v) is 2.75. The lowest BCUT2D eigenvalue weighted by atomic mass is 10.1. The highest BCUT2D eigenvalue weighted by Crippen LogP contribution is 2.30. The second-order valence-electron chi connectivity index (χ2n) is 2.82. The van der Waals surface area contributed by atoms with E-state index in [0.29, 0.717) is 5.88 Å². The number of hydrogen-bond acceptors (Lipinski definition) is 2. The van der Waals surface area contributed by atoms with Crippen molar-refractivity contribution in [3.8, 4) is 0 Å². The first-order valence-electron chi connectivity index (χ1n) is 4.10. The molecule has 0 fully saturated rings. The van der Waals surface area contributed by atoms with Gasteiger partial charge in [0.15, 0.2) is 0 Å². The number of carbonyl (C=O) groups excluding carboxylic acids is 1. The van der Waals surface area contributed by atoms with Crippen LogP contribution >= 0.6 is 11.8 Å². The second-order valence-corrected chi connectivity index (χ2v) is 3.65. The Balaban J connectivity index is 2.31. The van der Waals surface area contributed by atoms with Gasteiger partial charge in [-0.1, -0.05) is 24.3 Å². The number of amides is 2. The van der Waals surface area contributed by atoms with Gasteiger partial charge in [0.1, 0.15) is 0 Å². The minimum Gasteiger partial charge on any atom is -0.282 e. The summed E-state index contributed by atoms with van der Waals surface area (Å²) < 4.78 is 0. The maximum absolute atomic E-state index is 11.0. The molecule has 1 N–H and O–H groups in total.